The van der Waals surface area contributed by atoms with Gasteiger partial charge in [0.05, 0.1) is 19.4 Å². The minimum Gasteiger partial charge on any atom is -0.378 e. The number of morpholine rings is 1. The van der Waals surface area contributed by atoms with Crippen molar-refractivity contribution in [2.24, 2.45) is 0 Å². The summed E-state index contributed by atoms with van der Waals surface area (Å²) in [6.45, 7) is 2.78. The highest BCUT2D eigenvalue weighted by molar-refractivity contribution is 5.94. The van der Waals surface area contributed by atoms with Crippen LogP contribution in [-0.4, -0.2) is 41.3 Å². The summed E-state index contributed by atoms with van der Waals surface area (Å²) in [6, 6.07) is -0.256. The van der Waals surface area contributed by atoms with E-state index in [2.05, 4.69) is 20.2 Å². The standard InChI is InChI=1S/C12H18N4O2/c17-12(9-8-18-6-4-13-9)15-11-7-14-10-3-1-2-5-16(10)11/h7,9,13H,1-6,8H2,(H,15,17). The van der Waals surface area contributed by atoms with Crippen LogP contribution in [0.4, 0.5) is 5.82 Å². The first-order valence-corrected chi connectivity index (χ1v) is 6.51. The van der Waals surface area contributed by atoms with Gasteiger partial charge in [-0.15, -0.1) is 0 Å². The van der Waals surface area contributed by atoms with Crippen LogP contribution in [0.25, 0.3) is 0 Å². The maximum Gasteiger partial charge on any atom is 0.245 e. The van der Waals surface area contributed by atoms with E-state index in [1.165, 1.54) is 6.42 Å². The molecule has 98 valence electrons. The number of imidazole rings is 1. The van der Waals surface area contributed by atoms with Gasteiger partial charge in [-0.05, 0) is 12.8 Å². The van der Waals surface area contributed by atoms with E-state index in [1.807, 2.05) is 0 Å². The predicted octanol–water partition coefficient (Wildman–Crippen LogP) is 0.146. The van der Waals surface area contributed by atoms with E-state index in [1.54, 1.807) is 6.20 Å². The molecule has 6 nitrogen and oxygen atoms in total. The van der Waals surface area contributed by atoms with Crippen molar-refractivity contribution in [2.45, 2.75) is 31.8 Å². The minimum atomic E-state index is -0.256. The number of rotatable bonds is 2. The van der Waals surface area contributed by atoms with E-state index >= 15 is 0 Å². The second-order valence-corrected chi connectivity index (χ2v) is 4.74. The average Bonchev–Trinajstić information content (AvgIpc) is 2.83. The molecule has 1 saturated heterocycles. The summed E-state index contributed by atoms with van der Waals surface area (Å²) in [4.78, 5) is 16.4. The zero-order chi connectivity index (χ0) is 12.4. The Morgan fingerprint density at radius 2 is 2.50 bits per heavy atom. The van der Waals surface area contributed by atoms with Crippen LogP contribution in [0.2, 0.25) is 0 Å². The van der Waals surface area contributed by atoms with Gasteiger partial charge in [-0.3, -0.25) is 4.79 Å². The van der Waals surface area contributed by atoms with Gasteiger partial charge in [0.1, 0.15) is 17.7 Å². The smallest absolute Gasteiger partial charge is 0.245 e. The monoisotopic (exact) mass is 250 g/mol. The Bertz CT molecular complexity index is 437. The number of carbonyl (C=O) groups is 1. The number of anilines is 1. The van der Waals surface area contributed by atoms with Crippen LogP contribution in [0.15, 0.2) is 6.20 Å². The van der Waals surface area contributed by atoms with Crippen LogP contribution in [-0.2, 0) is 22.5 Å². The van der Waals surface area contributed by atoms with Gasteiger partial charge in [0.25, 0.3) is 0 Å². The SMILES string of the molecule is O=C(Nc1cnc2n1CCCC2)C1COCCN1. The third kappa shape index (κ3) is 2.26. The Labute approximate surface area is 106 Å². The van der Waals surface area contributed by atoms with E-state index in [4.69, 9.17) is 4.74 Å². The molecule has 0 bridgehead atoms. The van der Waals surface area contributed by atoms with E-state index in [0.717, 1.165) is 37.6 Å². The van der Waals surface area contributed by atoms with E-state index < -0.39 is 0 Å². The summed E-state index contributed by atoms with van der Waals surface area (Å²) < 4.78 is 7.39. The maximum absolute atomic E-state index is 12.1. The number of ether oxygens (including phenoxy) is 1. The molecule has 2 aliphatic rings. The van der Waals surface area contributed by atoms with Crippen molar-refractivity contribution in [1.82, 2.24) is 14.9 Å². The van der Waals surface area contributed by atoms with Crippen molar-refractivity contribution >= 4 is 11.7 Å². The van der Waals surface area contributed by atoms with Crippen molar-refractivity contribution < 1.29 is 9.53 Å². The topological polar surface area (TPSA) is 68.2 Å². The van der Waals surface area contributed by atoms with Gasteiger partial charge < -0.3 is 19.9 Å². The summed E-state index contributed by atoms with van der Waals surface area (Å²) in [6.07, 6.45) is 5.09. The fourth-order valence-electron chi connectivity index (χ4n) is 2.46. The number of aryl methyl sites for hydroxylation is 1. The molecule has 0 radical (unpaired) electrons. The van der Waals surface area contributed by atoms with Crippen LogP contribution in [0.1, 0.15) is 18.7 Å². The lowest BCUT2D eigenvalue weighted by atomic mass is 10.2. The molecule has 3 rings (SSSR count). The third-order valence-electron chi connectivity index (χ3n) is 3.46. The molecule has 18 heavy (non-hydrogen) atoms. The molecule has 0 aliphatic carbocycles. The van der Waals surface area contributed by atoms with E-state index in [-0.39, 0.29) is 11.9 Å². The Morgan fingerprint density at radius 3 is 3.33 bits per heavy atom. The summed E-state index contributed by atoms with van der Waals surface area (Å²) in [5.74, 6) is 1.84. The lowest BCUT2D eigenvalue weighted by molar-refractivity contribution is -0.120. The van der Waals surface area contributed by atoms with Gasteiger partial charge in [0.15, 0.2) is 0 Å². The normalized spacial score (nSPS) is 23.4. The second kappa shape index (κ2) is 5.07. The first-order valence-electron chi connectivity index (χ1n) is 6.51. The van der Waals surface area contributed by atoms with Gasteiger partial charge in [0.2, 0.25) is 5.91 Å². The first-order chi connectivity index (χ1) is 8.84. The highest BCUT2D eigenvalue weighted by atomic mass is 16.5. The van der Waals surface area contributed by atoms with Gasteiger partial charge in [-0.2, -0.15) is 0 Å². The highest BCUT2D eigenvalue weighted by Crippen LogP contribution is 2.19. The number of fused-ring (bicyclic) bond motifs is 1. The molecule has 1 unspecified atom stereocenters. The second-order valence-electron chi connectivity index (χ2n) is 4.74. The van der Waals surface area contributed by atoms with Crippen LogP contribution in [0.3, 0.4) is 0 Å². The zero-order valence-electron chi connectivity index (χ0n) is 10.3. The third-order valence-corrected chi connectivity index (χ3v) is 3.46. The van der Waals surface area contributed by atoms with Gasteiger partial charge in [-0.25, -0.2) is 4.98 Å². The largest absolute Gasteiger partial charge is 0.378 e. The van der Waals surface area contributed by atoms with Crippen molar-refractivity contribution in [3.63, 3.8) is 0 Å². The summed E-state index contributed by atoms with van der Waals surface area (Å²) in [7, 11) is 0. The lowest BCUT2D eigenvalue weighted by Gasteiger charge is -2.23. The zero-order valence-corrected chi connectivity index (χ0v) is 10.3. The quantitative estimate of drug-likeness (QED) is 0.784. The van der Waals surface area contributed by atoms with E-state index in [9.17, 15) is 4.79 Å². The number of carbonyl (C=O) groups excluding carboxylic acids is 1. The molecular formula is C12H18N4O2. The molecule has 3 heterocycles. The maximum atomic E-state index is 12.1. The Morgan fingerprint density at radius 1 is 1.56 bits per heavy atom. The molecule has 0 spiro atoms. The van der Waals surface area contributed by atoms with Crippen molar-refractivity contribution in [3.05, 3.63) is 12.0 Å². The molecular weight excluding hydrogens is 232 g/mol. The number of aromatic nitrogens is 2. The summed E-state index contributed by atoms with van der Waals surface area (Å²) >= 11 is 0. The van der Waals surface area contributed by atoms with E-state index in [0.29, 0.717) is 13.2 Å². The van der Waals surface area contributed by atoms with Crippen molar-refractivity contribution in [3.8, 4) is 0 Å². The lowest BCUT2D eigenvalue weighted by Crippen LogP contribution is -2.49. The van der Waals surface area contributed by atoms with Crippen molar-refractivity contribution in [2.75, 3.05) is 25.1 Å². The Balaban J connectivity index is 1.68. The van der Waals surface area contributed by atoms with Crippen LogP contribution in [0, 0.1) is 0 Å². The molecule has 6 heteroatoms. The highest BCUT2D eigenvalue weighted by Gasteiger charge is 2.23. The van der Waals surface area contributed by atoms with Crippen molar-refractivity contribution in [1.29, 1.82) is 0 Å². The summed E-state index contributed by atoms with van der Waals surface area (Å²) in [5.41, 5.74) is 0. The van der Waals surface area contributed by atoms with Crippen LogP contribution in [0.5, 0.6) is 0 Å². The predicted molar refractivity (Wildman–Crippen MR) is 66.4 cm³/mol. The Kier molecular flexibility index (Phi) is 3.29. The molecule has 0 saturated carbocycles. The number of nitrogens with one attached hydrogen (secondary N) is 2. The molecule has 0 aromatic carbocycles. The summed E-state index contributed by atoms with van der Waals surface area (Å²) in [5, 5.41) is 6.08. The van der Waals surface area contributed by atoms with Crippen LogP contribution < -0.4 is 10.6 Å². The molecule has 1 atom stereocenters. The number of amides is 1. The van der Waals surface area contributed by atoms with Crippen LogP contribution >= 0.6 is 0 Å². The fraction of sp³-hybridized carbons (Fsp3) is 0.667. The number of hydrogen-bond donors (Lipinski definition) is 2. The van der Waals surface area contributed by atoms with Gasteiger partial charge in [-0.1, -0.05) is 0 Å². The van der Waals surface area contributed by atoms with Gasteiger partial charge in [0, 0.05) is 19.5 Å². The number of nitrogens with zero attached hydrogens (tertiary/aromatic N) is 2. The Hall–Kier alpha value is -1.40. The molecule has 1 fully saturated rings. The molecule has 2 aliphatic heterocycles. The molecule has 1 aromatic heterocycles. The molecule has 1 amide bonds. The molecule has 2 N–H and O–H groups in total. The minimum absolute atomic E-state index is 0.0389. The van der Waals surface area contributed by atoms with Gasteiger partial charge >= 0.3 is 0 Å². The molecule has 1 aromatic rings. The first kappa shape index (κ1) is 11.7. The average molecular weight is 250 g/mol. The fourth-order valence-corrected chi connectivity index (χ4v) is 2.46. The number of hydrogen-bond acceptors (Lipinski definition) is 4.